The molecule has 0 spiro atoms. The molecule has 0 aliphatic carbocycles. The van der Waals surface area contributed by atoms with Crippen molar-refractivity contribution in [3.8, 4) is 0 Å². The summed E-state index contributed by atoms with van der Waals surface area (Å²) in [7, 11) is 0. The van der Waals surface area contributed by atoms with Gasteiger partial charge in [-0.25, -0.2) is 14.4 Å². The van der Waals surface area contributed by atoms with Crippen LogP contribution < -0.4 is 10.6 Å². The van der Waals surface area contributed by atoms with Crippen LogP contribution in [0, 0.1) is 12.7 Å². The van der Waals surface area contributed by atoms with Crippen molar-refractivity contribution in [3.63, 3.8) is 0 Å². The van der Waals surface area contributed by atoms with Crippen LogP contribution in [0.5, 0.6) is 0 Å². The SMILES string of the molecule is CCn1cc2ncc(N[C@@H](C)c3cccc(NC(=O)Cc4cc(C)cc(F)c4)c3)nc2n1. The number of hydrogen-bond acceptors (Lipinski definition) is 5. The lowest BCUT2D eigenvalue weighted by Crippen LogP contribution is -2.15. The number of nitrogens with zero attached hydrogens (tertiary/aromatic N) is 4. The first-order chi connectivity index (χ1) is 15.4. The van der Waals surface area contributed by atoms with Crippen LogP contribution in [0.15, 0.2) is 54.9 Å². The summed E-state index contributed by atoms with van der Waals surface area (Å²) in [6, 6.07) is 12.2. The van der Waals surface area contributed by atoms with Crippen LogP contribution in [-0.2, 0) is 17.8 Å². The highest BCUT2D eigenvalue weighted by atomic mass is 19.1. The summed E-state index contributed by atoms with van der Waals surface area (Å²) in [5, 5.41) is 10.6. The zero-order chi connectivity index (χ0) is 22.7. The quantitative estimate of drug-likeness (QED) is 0.444. The Morgan fingerprint density at radius 2 is 2.06 bits per heavy atom. The van der Waals surface area contributed by atoms with Crippen molar-refractivity contribution in [2.45, 2.75) is 39.8 Å². The summed E-state index contributed by atoms with van der Waals surface area (Å²) in [4.78, 5) is 21.4. The molecular formula is C24H25FN6O. The molecule has 32 heavy (non-hydrogen) atoms. The third kappa shape index (κ3) is 5.08. The summed E-state index contributed by atoms with van der Waals surface area (Å²) < 4.78 is 15.4. The summed E-state index contributed by atoms with van der Waals surface area (Å²) in [5.41, 5.74) is 4.44. The molecule has 2 aromatic heterocycles. The van der Waals surface area contributed by atoms with Gasteiger partial charge in [-0.3, -0.25) is 9.48 Å². The predicted molar refractivity (Wildman–Crippen MR) is 123 cm³/mol. The number of benzene rings is 2. The first-order valence-corrected chi connectivity index (χ1v) is 10.5. The number of aryl methyl sites for hydroxylation is 2. The highest BCUT2D eigenvalue weighted by Gasteiger charge is 2.11. The molecule has 4 aromatic rings. The molecule has 0 radical (unpaired) electrons. The van der Waals surface area contributed by atoms with Crippen LogP contribution in [-0.4, -0.2) is 25.7 Å². The largest absolute Gasteiger partial charge is 0.362 e. The Hall–Kier alpha value is -3.81. The average molecular weight is 433 g/mol. The lowest BCUT2D eigenvalue weighted by atomic mass is 10.1. The molecule has 0 aliphatic rings. The Morgan fingerprint density at radius 1 is 1.22 bits per heavy atom. The van der Waals surface area contributed by atoms with E-state index in [4.69, 9.17) is 0 Å². The molecule has 2 heterocycles. The summed E-state index contributed by atoms with van der Waals surface area (Å²) >= 11 is 0. The van der Waals surface area contributed by atoms with Gasteiger partial charge in [0.2, 0.25) is 11.6 Å². The number of carbonyl (C=O) groups is 1. The van der Waals surface area contributed by atoms with E-state index in [1.807, 2.05) is 50.4 Å². The van der Waals surface area contributed by atoms with Gasteiger partial charge in [0.25, 0.3) is 0 Å². The fraction of sp³-hybridized carbons (Fsp3) is 0.250. The minimum absolute atomic E-state index is 0.0715. The summed E-state index contributed by atoms with van der Waals surface area (Å²) in [6.45, 7) is 6.58. The number of halogens is 1. The number of carbonyl (C=O) groups excluding carboxylic acids is 1. The number of anilines is 2. The van der Waals surface area contributed by atoms with Crippen LogP contribution in [0.3, 0.4) is 0 Å². The van der Waals surface area contributed by atoms with E-state index in [1.165, 1.54) is 12.1 Å². The minimum atomic E-state index is -0.336. The molecule has 1 atom stereocenters. The molecule has 2 aromatic carbocycles. The van der Waals surface area contributed by atoms with Crippen molar-refractivity contribution >= 4 is 28.6 Å². The molecule has 0 unspecified atom stereocenters. The molecule has 0 saturated carbocycles. The van der Waals surface area contributed by atoms with Gasteiger partial charge in [0.1, 0.15) is 17.2 Å². The molecule has 8 heteroatoms. The Balaban J connectivity index is 1.43. The van der Waals surface area contributed by atoms with Crippen LogP contribution in [0.2, 0.25) is 0 Å². The van der Waals surface area contributed by atoms with E-state index in [1.54, 1.807) is 17.8 Å². The first kappa shape index (κ1) is 21.4. The van der Waals surface area contributed by atoms with Crippen molar-refractivity contribution in [1.29, 1.82) is 0 Å². The molecule has 1 amide bonds. The van der Waals surface area contributed by atoms with Gasteiger partial charge in [-0.15, -0.1) is 0 Å². The maximum atomic E-state index is 13.6. The maximum Gasteiger partial charge on any atom is 0.228 e. The Labute approximate surface area is 185 Å². The van der Waals surface area contributed by atoms with E-state index < -0.39 is 0 Å². The van der Waals surface area contributed by atoms with Crippen molar-refractivity contribution in [2.24, 2.45) is 0 Å². The van der Waals surface area contributed by atoms with Crippen molar-refractivity contribution in [1.82, 2.24) is 19.7 Å². The second-order valence-corrected chi connectivity index (χ2v) is 7.80. The Morgan fingerprint density at radius 3 is 2.84 bits per heavy atom. The molecule has 0 bridgehead atoms. The zero-order valence-electron chi connectivity index (χ0n) is 18.3. The van der Waals surface area contributed by atoms with Gasteiger partial charge in [-0.05, 0) is 61.7 Å². The molecular weight excluding hydrogens is 407 g/mol. The van der Waals surface area contributed by atoms with Gasteiger partial charge < -0.3 is 10.6 Å². The number of aromatic nitrogens is 4. The van der Waals surface area contributed by atoms with E-state index in [2.05, 4.69) is 25.7 Å². The van der Waals surface area contributed by atoms with Crippen LogP contribution in [0.1, 0.15) is 36.6 Å². The number of fused-ring (bicyclic) bond motifs is 1. The smallest absolute Gasteiger partial charge is 0.228 e. The van der Waals surface area contributed by atoms with E-state index in [0.29, 0.717) is 22.7 Å². The first-order valence-electron chi connectivity index (χ1n) is 10.5. The molecule has 0 fully saturated rings. The lowest BCUT2D eigenvalue weighted by Gasteiger charge is -2.16. The molecule has 0 aliphatic heterocycles. The molecule has 164 valence electrons. The van der Waals surface area contributed by atoms with E-state index in [0.717, 1.165) is 23.2 Å². The van der Waals surface area contributed by atoms with E-state index in [9.17, 15) is 9.18 Å². The summed E-state index contributed by atoms with van der Waals surface area (Å²) in [5.74, 6) is 0.0929. The standard InChI is InChI=1S/C24H25FN6O/c1-4-31-14-21-24(30-31)29-22(13-26-21)27-16(3)18-6-5-7-20(12-18)28-23(32)11-17-8-15(2)9-19(25)10-17/h5-10,12-14,16H,4,11H2,1-3H3,(H,28,32)(H,27,29,30)/t16-/m0/s1. The van der Waals surface area contributed by atoms with Gasteiger partial charge in [0.15, 0.2) is 0 Å². The Kier molecular flexibility index (Phi) is 6.11. The molecule has 0 saturated heterocycles. The van der Waals surface area contributed by atoms with Crippen molar-refractivity contribution in [2.75, 3.05) is 10.6 Å². The monoisotopic (exact) mass is 432 g/mol. The topological polar surface area (TPSA) is 84.7 Å². The van der Waals surface area contributed by atoms with Gasteiger partial charge in [0.05, 0.1) is 24.9 Å². The average Bonchev–Trinajstić information content (AvgIpc) is 3.15. The predicted octanol–water partition coefficient (Wildman–Crippen LogP) is 4.65. The lowest BCUT2D eigenvalue weighted by molar-refractivity contribution is -0.115. The zero-order valence-corrected chi connectivity index (χ0v) is 18.3. The second-order valence-electron chi connectivity index (χ2n) is 7.80. The number of rotatable bonds is 7. The maximum absolute atomic E-state index is 13.6. The second kappa shape index (κ2) is 9.13. The van der Waals surface area contributed by atoms with Gasteiger partial charge in [0, 0.05) is 12.2 Å². The van der Waals surface area contributed by atoms with Gasteiger partial charge >= 0.3 is 0 Å². The summed E-state index contributed by atoms with van der Waals surface area (Å²) in [6.07, 6.45) is 3.66. The van der Waals surface area contributed by atoms with E-state index in [-0.39, 0.29) is 24.2 Å². The van der Waals surface area contributed by atoms with Crippen LogP contribution in [0.25, 0.3) is 11.2 Å². The van der Waals surface area contributed by atoms with Crippen molar-refractivity contribution in [3.05, 3.63) is 77.4 Å². The highest BCUT2D eigenvalue weighted by Crippen LogP contribution is 2.22. The fourth-order valence-electron chi connectivity index (χ4n) is 3.57. The molecule has 2 N–H and O–H groups in total. The molecule has 7 nitrogen and oxygen atoms in total. The normalized spacial score (nSPS) is 12.0. The Bertz CT molecular complexity index is 1250. The van der Waals surface area contributed by atoms with Gasteiger partial charge in [-0.2, -0.15) is 5.10 Å². The number of hydrogen-bond donors (Lipinski definition) is 2. The third-order valence-electron chi connectivity index (χ3n) is 5.10. The highest BCUT2D eigenvalue weighted by molar-refractivity contribution is 5.92. The van der Waals surface area contributed by atoms with Gasteiger partial charge in [-0.1, -0.05) is 18.2 Å². The number of amides is 1. The third-order valence-corrected chi connectivity index (χ3v) is 5.10. The molecule has 4 rings (SSSR count). The van der Waals surface area contributed by atoms with Crippen LogP contribution in [0.4, 0.5) is 15.9 Å². The van der Waals surface area contributed by atoms with E-state index >= 15 is 0 Å². The number of nitrogens with one attached hydrogen (secondary N) is 2. The minimum Gasteiger partial charge on any atom is -0.362 e. The van der Waals surface area contributed by atoms with Crippen LogP contribution >= 0.6 is 0 Å². The van der Waals surface area contributed by atoms with Crippen molar-refractivity contribution < 1.29 is 9.18 Å². The fourth-order valence-corrected chi connectivity index (χ4v) is 3.57.